The van der Waals surface area contributed by atoms with E-state index in [2.05, 4.69) is 15.5 Å². The van der Waals surface area contributed by atoms with Gasteiger partial charge >= 0.3 is 11.8 Å². The number of likely N-dealkylation sites (tertiary alicyclic amines) is 1. The summed E-state index contributed by atoms with van der Waals surface area (Å²) in [6.45, 7) is 6.58. The van der Waals surface area contributed by atoms with Crippen LogP contribution in [0, 0.1) is 26.2 Å². The van der Waals surface area contributed by atoms with Gasteiger partial charge in [-0.15, -0.1) is 0 Å². The van der Waals surface area contributed by atoms with Gasteiger partial charge in [0, 0.05) is 19.1 Å². The molecule has 0 radical (unpaired) electrons. The maximum absolute atomic E-state index is 12.9. The Hall–Kier alpha value is -2.64. The Balaban J connectivity index is 1.49. The summed E-state index contributed by atoms with van der Waals surface area (Å²) in [7, 11) is 0. The lowest BCUT2D eigenvalue weighted by molar-refractivity contribution is 0.0549. The van der Waals surface area contributed by atoms with Crippen molar-refractivity contribution in [3.63, 3.8) is 0 Å². The number of rotatable bonds is 3. The first-order valence-electron chi connectivity index (χ1n) is 8.83. The van der Waals surface area contributed by atoms with E-state index in [1.165, 1.54) is 0 Å². The van der Waals surface area contributed by atoms with Gasteiger partial charge in [0.2, 0.25) is 0 Å². The van der Waals surface area contributed by atoms with Crippen LogP contribution < -0.4 is 5.32 Å². The van der Waals surface area contributed by atoms with Gasteiger partial charge in [0.15, 0.2) is 11.6 Å². The Morgan fingerprint density at radius 2 is 2.08 bits per heavy atom. The van der Waals surface area contributed by atoms with Crippen molar-refractivity contribution < 1.29 is 18.5 Å². The Kier molecular flexibility index (Phi) is 3.86. The quantitative estimate of drug-likeness (QED) is 0.901. The number of aromatic nitrogens is 2. The number of hydrogen-bond donors (Lipinski definition) is 1. The third-order valence-corrected chi connectivity index (χ3v) is 5.32. The molecule has 2 aliphatic rings. The van der Waals surface area contributed by atoms with Crippen LogP contribution in [-0.2, 0) is 0 Å². The molecule has 1 atom stereocenters. The highest BCUT2D eigenvalue weighted by molar-refractivity contribution is 5.92. The van der Waals surface area contributed by atoms with E-state index in [1.807, 2.05) is 13.8 Å². The molecule has 0 aromatic carbocycles. The minimum absolute atomic E-state index is 0.0481. The molecular formula is C18H22N4O4. The first-order chi connectivity index (χ1) is 12.3. The van der Waals surface area contributed by atoms with Gasteiger partial charge in [-0.3, -0.25) is 9.59 Å². The Morgan fingerprint density at radius 3 is 2.65 bits per heavy atom. The first-order valence-corrected chi connectivity index (χ1v) is 8.83. The lowest BCUT2D eigenvalue weighted by atomic mass is 9.91. The molecule has 0 bridgehead atoms. The molecular weight excluding hydrogens is 336 g/mol. The van der Waals surface area contributed by atoms with Crippen molar-refractivity contribution in [3.05, 3.63) is 34.9 Å². The molecule has 1 spiro atoms. The van der Waals surface area contributed by atoms with E-state index < -0.39 is 5.91 Å². The molecule has 1 saturated carbocycles. The van der Waals surface area contributed by atoms with E-state index in [0.29, 0.717) is 24.7 Å². The summed E-state index contributed by atoms with van der Waals surface area (Å²) in [5.41, 5.74) is 1.07. The third kappa shape index (κ3) is 3.11. The van der Waals surface area contributed by atoms with Gasteiger partial charge in [-0.05, 0) is 57.1 Å². The number of nitrogens with zero attached hydrogens (tertiary/aromatic N) is 3. The summed E-state index contributed by atoms with van der Waals surface area (Å²) in [5, 5.41) is 6.58. The molecule has 1 aliphatic heterocycles. The standard InChI is InChI=1S/C18H22N4O4/c1-10-6-14(25-11(10)2)17(24)22-8-13(7-18(9-22)4-5-18)20-15(23)16-19-12(3)21-26-16/h6,13H,4-5,7-9H2,1-3H3,(H,20,23). The number of aryl methyl sites for hydroxylation is 3. The molecule has 1 saturated heterocycles. The van der Waals surface area contributed by atoms with Gasteiger partial charge in [-0.25, -0.2) is 0 Å². The molecule has 26 heavy (non-hydrogen) atoms. The molecule has 8 heteroatoms. The predicted molar refractivity (Wildman–Crippen MR) is 90.7 cm³/mol. The zero-order valence-electron chi connectivity index (χ0n) is 15.2. The van der Waals surface area contributed by atoms with Crippen LogP contribution in [-0.4, -0.2) is 46.0 Å². The van der Waals surface area contributed by atoms with Crippen LogP contribution in [0.5, 0.6) is 0 Å². The monoisotopic (exact) mass is 358 g/mol. The van der Waals surface area contributed by atoms with E-state index >= 15 is 0 Å². The smallest absolute Gasteiger partial charge is 0.315 e. The van der Waals surface area contributed by atoms with Crippen molar-refractivity contribution >= 4 is 11.8 Å². The van der Waals surface area contributed by atoms with E-state index in [1.54, 1.807) is 17.9 Å². The van der Waals surface area contributed by atoms with Gasteiger partial charge in [0.1, 0.15) is 5.76 Å². The van der Waals surface area contributed by atoms with Crippen molar-refractivity contribution in [2.45, 2.75) is 46.1 Å². The molecule has 1 N–H and O–H groups in total. The van der Waals surface area contributed by atoms with Gasteiger partial charge in [0.25, 0.3) is 5.91 Å². The highest BCUT2D eigenvalue weighted by Crippen LogP contribution is 2.52. The molecule has 2 aromatic heterocycles. The molecule has 2 fully saturated rings. The highest BCUT2D eigenvalue weighted by Gasteiger charge is 2.50. The summed E-state index contributed by atoms with van der Waals surface area (Å²) in [6, 6.07) is 1.63. The van der Waals surface area contributed by atoms with E-state index in [-0.39, 0.29) is 23.3 Å². The van der Waals surface area contributed by atoms with Crippen molar-refractivity contribution in [2.24, 2.45) is 5.41 Å². The zero-order chi connectivity index (χ0) is 18.5. The molecule has 4 rings (SSSR count). The molecule has 138 valence electrons. The number of hydrogen-bond acceptors (Lipinski definition) is 6. The van der Waals surface area contributed by atoms with Crippen LogP contribution in [0.2, 0.25) is 0 Å². The number of furan rings is 1. The lowest BCUT2D eigenvalue weighted by Gasteiger charge is -2.38. The maximum atomic E-state index is 12.9. The third-order valence-electron chi connectivity index (χ3n) is 5.32. The largest absolute Gasteiger partial charge is 0.456 e. The maximum Gasteiger partial charge on any atom is 0.315 e. The summed E-state index contributed by atoms with van der Waals surface area (Å²) < 4.78 is 10.5. The van der Waals surface area contributed by atoms with Gasteiger partial charge < -0.3 is 19.2 Å². The molecule has 8 nitrogen and oxygen atoms in total. The molecule has 2 amide bonds. The van der Waals surface area contributed by atoms with E-state index in [4.69, 9.17) is 8.94 Å². The van der Waals surface area contributed by atoms with Crippen LogP contribution in [0.25, 0.3) is 0 Å². The zero-order valence-corrected chi connectivity index (χ0v) is 15.2. The minimum atomic E-state index is -0.398. The summed E-state index contributed by atoms with van der Waals surface area (Å²) in [5.74, 6) is 0.953. The van der Waals surface area contributed by atoms with Crippen LogP contribution in [0.1, 0.15) is 57.7 Å². The average molecular weight is 358 g/mol. The fourth-order valence-corrected chi connectivity index (χ4v) is 3.65. The topological polar surface area (TPSA) is 101 Å². The van der Waals surface area contributed by atoms with Gasteiger partial charge in [0.05, 0.1) is 0 Å². The molecule has 1 aliphatic carbocycles. The molecule has 3 heterocycles. The van der Waals surface area contributed by atoms with Crippen LogP contribution in [0.3, 0.4) is 0 Å². The number of carbonyl (C=O) groups excluding carboxylic acids is 2. The van der Waals surface area contributed by atoms with Crippen LogP contribution >= 0.6 is 0 Å². The van der Waals surface area contributed by atoms with Gasteiger partial charge in [-0.1, -0.05) is 5.16 Å². The minimum Gasteiger partial charge on any atom is -0.456 e. The second kappa shape index (κ2) is 5.96. The van der Waals surface area contributed by atoms with E-state index in [9.17, 15) is 9.59 Å². The number of piperidine rings is 1. The second-order valence-electron chi connectivity index (χ2n) is 7.56. The number of nitrogens with one attached hydrogen (secondary N) is 1. The lowest BCUT2D eigenvalue weighted by Crippen LogP contribution is -2.53. The van der Waals surface area contributed by atoms with Crippen LogP contribution in [0.15, 0.2) is 15.0 Å². The van der Waals surface area contributed by atoms with Crippen molar-refractivity contribution in [3.8, 4) is 0 Å². The molecule has 2 aromatic rings. The fraction of sp³-hybridized carbons (Fsp3) is 0.556. The number of carbonyl (C=O) groups is 2. The van der Waals surface area contributed by atoms with Crippen molar-refractivity contribution in [1.82, 2.24) is 20.4 Å². The fourth-order valence-electron chi connectivity index (χ4n) is 3.65. The second-order valence-corrected chi connectivity index (χ2v) is 7.56. The summed E-state index contributed by atoms with van der Waals surface area (Å²) >= 11 is 0. The van der Waals surface area contributed by atoms with Crippen molar-refractivity contribution in [2.75, 3.05) is 13.1 Å². The average Bonchev–Trinajstić information content (AvgIpc) is 3.01. The predicted octanol–water partition coefficient (Wildman–Crippen LogP) is 2.01. The molecule has 1 unspecified atom stereocenters. The SMILES string of the molecule is Cc1noc(C(=O)NC2CN(C(=O)c3cc(C)c(C)o3)CC3(CC3)C2)n1. The van der Waals surface area contributed by atoms with Gasteiger partial charge in [-0.2, -0.15) is 4.98 Å². The first kappa shape index (κ1) is 16.8. The highest BCUT2D eigenvalue weighted by atomic mass is 16.5. The van der Waals surface area contributed by atoms with E-state index in [0.717, 1.165) is 30.6 Å². The Bertz CT molecular complexity index is 845. The number of amides is 2. The normalized spacial score (nSPS) is 21.0. The van der Waals surface area contributed by atoms with Crippen LogP contribution in [0.4, 0.5) is 0 Å². The summed E-state index contributed by atoms with van der Waals surface area (Å²) in [4.78, 5) is 30.9. The van der Waals surface area contributed by atoms with Crippen molar-refractivity contribution in [1.29, 1.82) is 0 Å². The summed E-state index contributed by atoms with van der Waals surface area (Å²) in [6.07, 6.45) is 2.99. The Morgan fingerprint density at radius 1 is 1.31 bits per heavy atom. The Labute approximate surface area is 150 Å².